The first-order valence-corrected chi connectivity index (χ1v) is 6.51. The summed E-state index contributed by atoms with van der Waals surface area (Å²) < 4.78 is 0. The van der Waals surface area contributed by atoms with Crippen LogP contribution in [-0.2, 0) is 6.42 Å². The zero-order chi connectivity index (χ0) is 13.1. The van der Waals surface area contributed by atoms with Gasteiger partial charge in [-0.15, -0.1) is 0 Å². The molecule has 0 fully saturated rings. The fraction of sp³-hybridized carbons (Fsp3) is 0.118. The summed E-state index contributed by atoms with van der Waals surface area (Å²) in [6, 6.07) is 18.9. The third kappa shape index (κ3) is 2.35. The van der Waals surface area contributed by atoms with Crippen LogP contribution < -0.4 is 5.73 Å². The minimum Gasteiger partial charge on any atom is -0.330 e. The fourth-order valence-corrected chi connectivity index (χ4v) is 2.35. The topological polar surface area (TPSA) is 38.9 Å². The molecule has 2 aromatic carbocycles. The zero-order valence-electron chi connectivity index (χ0n) is 10.7. The minimum absolute atomic E-state index is 0.690. The SMILES string of the molecule is NCCc1ccc(-c2cccc3cccnc23)cc1. The number of nitrogens with two attached hydrogens (primary N) is 1. The molecule has 0 unspecified atom stereocenters. The Bertz CT molecular complexity index is 682. The van der Waals surface area contributed by atoms with Gasteiger partial charge in [-0.2, -0.15) is 0 Å². The first-order valence-electron chi connectivity index (χ1n) is 6.51. The van der Waals surface area contributed by atoms with Gasteiger partial charge in [0.15, 0.2) is 0 Å². The average molecular weight is 248 g/mol. The number of hydrogen-bond donors (Lipinski definition) is 1. The lowest BCUT2D eigenvalue weighted by Crippen LogP contribution is -2.02. The Hall–Kier alpha value is -2.19. The van der Waals surface area contributed by atoms with Crippen molar-refractivity contribution in [2.75, 3.05) is 6.54 Å². The molecule has 3 rings (SSSR count). The molecule has 0 radical (unpaired) electrons. The Morgan fingerprint density at radius 2 is 1.68 bits per heavy atom. The molecule has 19 heavy (non-hydrogen) atoms. The molecule has 94 valence electrons. The van der Waals surface area contributed by atoms with Crippen LogP contribution in [-0.4, -0.2) is 11.5 Å². The standard InChI is InChI=1S/C17H16N2/c18-11-10-13-6-8-14(9-7-13)16-5-1-3-15-4-2-12-19-17(15)16/h1-9,12H,10-11,18H2. The van der Waals surface area contributed by atoms with Crippen LogP contribution in [0.5, 0.6) is 0 Å². The third-order valence-electron chi connectivity index (χ3n) is 3.33. The van der Waals surface area contributed by atoms with E-state index in [2.05, 4.69) is 53.5 Å². The number of nitrogens with zero attached hydrogens (tertiary/aromatic N) is 1. The Morgan fingerprint density at radius 3 is 2.47 bits per heavy atom. The normalized spacial score (nSPS) is 10.8. The molecule has 0 aliphatic carbocycles. The third-order valence-corrected chi connectivity index (χ3v) is 3.33. The first kappa shape index (κ1) is 11.9. The van der Waals surface area contributed by atoms with Crippen LogP contribution in [0.1, 0.15) is 5.56 Å². The lowest BCUT2D eigenvalue weighted by atomic mass is 10.0. The first-order chi connectivity index (χ1) is 9.38. The van der Waals surface area contributed by atoms with Crippen LogP contribution >= 0.6 is 0 Å². The number of benzene rings is 2. The van der Waals surface area contributed by atoms with Gasteiger partial charge < -0.3 is 5.73 Å². The van der Waals surface area contributed by atoms with E-state index in [1.807, 2.05) is 12.3 Å². The Labute approximate surface area is 112 Å². The average Bonchev–Trinajstić information content (AvgIpc) is 2.48. The van der Waals surface area contributed by atoms with Crippen molar-refractivity contribution >= 4 is 10.9 Å². The van der Waals surface area contributed by atoms with Gasteiger partial charge in [0, 0.05) is 17.1 Å². The summed E-state index contributed by atoms with van der Waals surface area (Å²) in [6.45, 7) is 0.690. The van der Waals surface area contributed by atoms with Crippen LogP contribution in [0.2, 0.25) is 0 Å². The van der Waals surface area contributed by atoms with E-state index in [0.717, 1.165) is 11.9 Å². The van der Waals surface area contributed by atoms with Crippen molar-refractivity contribution in [3.8, 4) is 11.1 Å². The molecule has 0 aliphatic heterocycles. The molecule has 0 atom stereocenters. The van der Waals surface area contributed by atoms with E-state index in [1.165, 1.54) is 22.1 Å². The lowest BCUT2D eigenvalue weighted by Gasteiger charge is -2.07. The summed E-state index contributed by atoms with van der Waals surface area (Å²) in [4.78, 5) is 4.50. The van der Waals surface area contributed by atoms with Crippen molar-refractivity contribution in [1.82, 2.24) is 4.98 Å². The van der Waals surface area contributed by atoms with E-state index in [1.54, 1.807) is 0 Å². The summed E-state index contributed by atoms with van der Waals surface area (Å²) in [5.41, 5.74) is 10.3. The van der Waals surface area contributed by atoms with Gasteiger partial charge in [0.25, 0.3) is 0 Å². The zero-order valence-corrected chi connectivity index (χ0v) is 10.7. The summed E-state index contributed by atoms with van der Waals surface area (Å²) in [5, 5.41) is 1.17. The van der Waals surface area contributed by atoms with Crippen molar-refractivity contribution in [3.05, 3.63) is 66.4 Å². The number of aromatic nitrogens is 1. The molecule has 0 saturated heterocycles. The van der Waals surface area contributed by atoms with E-state index in [-0.39, 0.29) is 0 Å². The van der Waals surface area contributed by atoms with Crippen LogP contribution in [0.25, 0.3) is 22.0 Å². The maximum atomic E-state index is 5.57. The molecule has 2 N–H and O–H groups in total. The highest BCUT2D eigenvalue weighted by Crippen LogP contribution is 2.27. The van der Waals surface area contributed by atoms with Crippen molar-refractivity contribution in [2.24, 2.45) is 5.73 Å². The molecule has 1 heterocycles. The Kier molecular flexibility index (Phi) is 3.25. The van der Waals surface area contributed by atoms with Crippen LogP contribution in [0, 0.1) is 0 Å². The van der Waals surface area contributed by atoms with Gasteiger partial charge in [-0.05, 0) is 30.2 Å². The number of rotatable bonds is 3. The summed E-state index contributed by atoms with van der Waals surface area (Å²) >= 11 is 0. The van der Waals surface area contributed by atoms with E-state index >= 15 is 0 Å². The molecule has 0 aliphatic rings. The van der Waals surface area contributed by atoms with Crippen LogP contribution in [0.3, 0.4) is 0 Å². The van der Waals surface area contributed by atoms with Crippen molar-refractivity contribution < 1.29 is 0 Å². The highest BCUT2D eigenvalue weighted by molar-refractivity contribution is 5.93. The molecular weight excluding hydrogens is 232 g/mol. The molecule has 3 aromatic rings. The quantitative estimate of drug-likeness (QED) is 0.771. The van der Waals surface area contributed by atoms with Crippen molar-refractivity contribution in [1.29, 1.82) is 0 Å². The van der Waals surface area contributed by atoms with Gasteiger partial charge in [0.05, 0.1) is 5.52 Å². The molecule has 1 aromatic heterocycles. The highest BCUT2D eigenvalue weighted by Gasteiger charge is 2.04. The number of fused-ring (bicyclic) bond motifs is 1. The molecular formula is C17H16N2. The van der Waals surface area contributed by atoms with Crippen LogP contribution in [0.15, 0.2) is 60.8 Å². The van der Waals surface area contributed by atoms with Gasteiger partial charge in [0.1, 0.15) is 0 Å². The summed E-state index contributed by atoms with van der Waals surface area (Å²) in [7, 11) is 0. The number of pyridine rings is 1. The predicted octanol–water partition coefficient (Wildman–Crippen LogP) is 3.40. The maximum Gasteiger partial charge on any atom is 0.0780 e. The van der Waals surface area contributed by atoms with Crippen molar-refractivity contribution in [3.63, 3.8) is 0 Å². The van der Waals surface area contributed by atoms with Gasteiger partial charge in [-0.25, -0.2) is 0 Å². The van der Waals surface area contributed by atoms with Gasteiger partial charge in [0.2, 0.25) is 0 Å². The number of hydrogen-bond acceptors (Lipinski definition) is 2. The lowest BCUT2D eigenvalue weighted by molar-refractivity contribution is 0.969. The molecule has 0 bridgehead atoms. The minimum atomic E-state index is 0.690. The smallest absolute Gasteiger partial charge is 0.0780 e. The molecule has 0 spiro atoms. The van der Waals surface area contributed by atoms with E-state index < -0.39 is 0 Å². The highest BCUT2D eigenvalue weighted by atomic mass is 14.6. The van der Waals surface area contributed by atoms with E-state index in [9.17, 15) is 0 Å². The second-order valence-electron chi connectivity index (χ2n) is 4.62. The van der Waals surface area contributed by atoms with E-state index in [0.29, 0.717) is 6.54 Å². The Morgan fingerprint density at radius 1 is 0.895 bits per heavy atom. The summed E-state index contributed by atoms with van der Waals surface area (Å²) in [5.74, 6) is 0. The second-order valence-corrected chi connectivity index (χ2v) is 4.62. The monoisotopic (exact) mass is 248 g/mol. The van der Waals surface area contributed by atoms with Gasteiger partial charge in [-0.3, -0.25) is 4.98 Å². The largest absolute Gasteiger partial charge is 0.330 e. The van der Waals surface area contributed by atoms with Gasteiger partial charge >= 0.3 is 0 Å². The Balaban J connectivity index is 2.08. The van der Waals surface area contributed by atoms with E-state index in [4.69, 9.17) is 5.73 Å². The predicted molar refractivity (Wildman–Crippen MR) is 79.9 cm³/mol. The van der Waals surface area contributed by atoms with Crippen LogP contribution in [0.4, 0.5) is 0 Å². The molecule has 2 nitrogen and oxygen atoms in total. The fourth-order valence-electron chi connectivity index (χ4n) is 2.35. The molecule has 2 heteroatoms. The second kappa shape index (κ2) is 5.21. The summed E-state index contributed by atoms with van der Waals surface area (Å²) in [6.07, 6.45) is 2.77. The molecule has 0 amide bonds. The maximum absolute atomic E-state index is 5.57. The number of para-hydroxylation sites is 1. The van der Waals surface area contributed by atoms with Crippen molar-refractivity contribution in [2.45, 2.75) is 6.42 Å². The molecule has 0 saturated carbocycles. The van der Waals surface area contributed by atoms with Gasteiger partial charge in [-0.1, -0.05) is 48.5 Å².